The number of amides is 1. The van der Waals surface area contributed by atoms with Crippen molar-refractivity contribution in [3.8, 4) is 0 Å². The minimum Gasteiger partial charge on any atom is -0.306 e. The van der Waals surface area contributed by atoms with Crippen LogP contribution in [0.1, 0.15) is 24.9 Å². The number of anilines is 1. The van der Waals surface area contributed by atoms with Crippen LogP contribution in [-0.4, -0.2) is 25.5 Å². The molecule has 3 aromatic rings. The summed E-state index contributed by atoms with van der Waals surface area (Å²) in [5, 5.41) is 11.9. The second-order valence-electron chi connectivity index (χ2n) is 5.78. The first-order chi connectivity index (χ1) is 12.9. The number of hydrogen-bond donors (Lipinski definition) is 1. The van der Waals surface area contributed by atoms with Gasteiger partial charge in [0.15, 0.2) is 5.82 Å². The van der Waals surface area contributed by atoms with E-state index in [0.29, 0.717) is 11.4 Å². The molecule has 0 spiro atoms. The van der Waals surface area contributed by atoms with E-state index in [0.717, 1.165) is 0 Å². The summed E-state index contributed by atoms with van der Waals surface area (Å²) in [4.78, 5) is 12.6. The Labute approximate surface area is 169 Å². The van der Waals surface area contributed by atoms with Crippen molar-refractivity contribution in [2.45, 2.75) is 25.9 Å². The van der Waals surface area contributed by atoms with Gasteiger partial charge in [-0.1, -0.05) is 47.8 Å². The Bertz CT molecular complexity index is 951. The zero-order chi connectivity index (χ0) is 19.6. The van der Waals surface area contributed by atoms with Gasteiger partial charge in [-0.25, -0.2) is 4.39 Å². The average molecular weight is 431 g/mol. The van der Waals surface area contributed by atoms with E-state index in [1.165, 1.54) is 33.9 Å². The van der Waals surface area contributed by atoms with Gasteiger partial charge < -0.3 is 5.32 Å². The van der Waals surface area contributed by atoms with Crippen LogP contribution in [0.2, 0.25) is 15.1 Å². The van der Waals surface area contributed by atoms with E-state index in [1.54, 1.807) is 12.3 Å². The average Bonchev–Trinajstić information content (AvgIpc) is 3.18. The van der Waals surface area contributed by atoms with Gasteiger partial charge in [-0.15, -0.1) is 0 Å². The molecule has 27 heavy (non-hydrogen) atoms. The van der Waals surface area contributed by atoms with E-state index < -0.39 is 11.9 Å². The lowest BCUT2D eigenvalue weighted by Gasteiger charge is -2.14. The number of benzene rings is 1. The first-order valence-corrected chi connectivity index (χ1v) is 9.18. The summed E-state index contributed by atoms with van der Waals surface area (Å²) in [5.41, 5.74) is 0.286. The number of aromatic nitrogens is 4. The van der Waals surface area contributed by atoms with Crippen LogP contribution in [-0.2, 0) is 11.3 Å². The highest BCUT2D eigenvalue weighted by Crippen LogP contribution is 2.25. The summed E-state index contributed by atoms with van der Waals surface area (Å²) >= 11 is 18.1. The molecular formula is C17H15Cl3FN5O. The van der Waals surface area contributed by atoms with Gasteiger partial charge in [-0.05, 0) is 18.6 Å². The van der Waals surface area contributed by atoms with Gasteiger partial charge in [0.2, 0.25) is 5.91 Å². The number of rotatable bonds is 6. The van der Waals surface area contributed by atoms with Crippen molar-refractivity contribution in [1.29, 1.82) is 0 Å². The summed E-state index contributed by atoms with van der Waals surface area (Å²) in [6.45, 7) is 1.92. The predicted molar refractivity (Wildman–Crippen MR) is 103 cm³/mol. The Kier molecular flexibility index (Phi) is 6.04. The first-order valence-electron chi connectivity index (χ1n) is 8.05. The van der Waals surface area contributed by atoms with Gasteiger partial charge in [0.05, 0.1) is 17.8 Å². The fourth-order valence-electron chi connectivity index (χ4n) is 2.59. The molecule has 0 bridgehead atoms. The van der Waals surface area contributed by atoms with Crippen molar-refractivity contribution in [1.82, 2.24) is 19.6 Å². The van der Waals surface area contributed by atoms with Gasteiger partial charge >= 0.3 is 0 Å². The second kappa shape index (κ2) is 8.29. The van der Waals surface area contributed by atoms with Crippen molar-refractivity contribution in [3.05, 3.63) is 63.2 Å². The standard InChI is InChI=1S/C17H15Cl3FN5O/c1-2-15(26-7-10(18)6-22-26)17(27)23-16-13(20)9-25(24-16)8-11-12(19)4-3-5-14(11)21/h3-7,9,15H,2,8H2,1H3,(H,23,24,27). The van der Waals surface area contributed by atoms with Crippen LogP contribution in [0.4, 0.5) is 10.2 Å². The number of hydrogen-bond acceptors (Lipinski definition) is 3. The second-order valence-corrected chi connectivity index (χ2v) is 7.03. The molecule has 3 rings (SSSR count). The lowest BCUT2D eigenvalue weighted by atomic mass is 10.2. The molecule has 0 fully saturated rings. The zero-order valence-corrected chi connectivity index (χ0v) is 16.4. The number of nitrogens with one attached hydrogen (secondary N) is 1. The van der Waals surface area contributed by atoms with E-state index in [1.807, 2.05) is 6.92 Å². The molecule has 2 aromatic heterocycles. The molecule has 2 heterocycles. The van der Waals surface area contributed by atoms with Crippen molar-refractivity contribution in [2.75, 3.05) is 5.32 Å². The van der Waals surface area contributed by atoms with Crippen molar-refractivity contribution >= 4 is 46.5 Å². The highest BCUT2D eigenvalue weighted by Gasteiger charge is 2.22. The summed E-state index contributed by atoms with van der Waals surface area (Å²) in [6, 6.07) is 3.86. The monoisotopic (exact) mass is 429 g/mol. The first kappa shape index (κ1) is 19.7. The maximum absolute atomic E-state index is 13.9. The van der Waals surface area contributed by atoms with E-state index in [4.69, 9.17) is 34.8 Å². The molecule has 10 heteroatoms. The molecule has 0 saturated heterocycles. The van der Waals surface area contributed by atoms with Crippen molar-refractivity contribution in [3.63, 3.8) is 0 Å². The maximum atomic E-state index is 13.9. The molecule has 6 nitrogen and oxygen atoms in total. The Hall–Kier alpha value is -2.09. The third-order valence-electron chi connectivity index (χ3n) is 3.92. The highest BCUT2D eigenvalue weighted by atomic mass is 35.5. The molecule has 1 aromatic carbocycles. The van der Waals surface area contributed by atoms with Gasteiger partial charge in [0.25, 0.3) is 0 Å². The van der Waals surface area contributed by atoms with Crippen LogP contribution in [0.3, 0.4) is 0 Å². The number of carbonyl (C=O) groups is 1. The molecule has 0 aliphatic carbocycles. The molecule has 0 radical (unpaired) electrons. The van der Waals surface area contributed by atoms with Gasteiger partial charge in [0, 0.05) is 23.0 Å². The highest BCUT2D eigenvalue weighted by molar-refractivity contribution is 6.33. The van der Waals surface area contributed by atoms with Crippen molar-refractivity contribution in [2.24, 2.45) is 0 Å². The third kappa shape index (κ3) is 4.43. The summed E-state index contributed by atoms with van der Waals surface area (Å²) in [7, 11) is 0. The summed E-state index contributed by atoms with van der Waals surface area (Å²) < 4.78 is 16.8. The van der Waals surface area contributed by atoms with Gasteiger partial charge in [-0.3, -0.25) is 14.2 Å². The Morgan fingerprint density at radius 1 is 1.26 bits per heavy atom. The normalized spacial score (nSPS) is 12.2. The van der Waals surface area contributed by atoms with Crippen LogP contribution < -0.4 is 5.32 Å². The summed E-state index contributed by atoms with van der Waals surface area (Å²) in [5.74, 6) is -0.611. The van der Waals surface area contributed by atoms with Gasteiger partial charge in [-0.2, -0.15) is 10.2 Å². The van der Waals surface area contributed by atoms with Crippen molar-refractivity contribution < 1.29 is 9.18 Å². The number of halogens is 4. The topological polar surface area (TPSA) is 64.7 Å². The molecule has 1 atom stereocenters. The summed E-state index contributed by atoms with van der Waals surface area (Å²) in [6.07, 6.45) is 5.01. The molecule has 1 amide bonds. The van der Waals surface area contributed by atoms with Gasteiger partial charge in [0.1, 0.15) is 16.9 Å². The SMILES string of the molecule is CCC(C(=O)Nc1nn(Cc2c(F)cccc2Cl)cc1Cl)n1cc(Cl)cn1. The maximum Gasteiger partial charge on any atom is 0.250 e. The molecule has 1 N–H and O–H groups in total. The minimum atomic E-state index is -0.570. The van der Waals surface area contributed by atoms with E-state index in [9.17, 15) is 9.18 Å². The quantitative estimate of drug-likeness (QED) is 0.610. The molecular weight excluding hydrogens is 416 g/mol. The zero-order valence-electron chi connectivity index (χ0n) is 14.2. The largest absolute Gasteiger partial charge is 0.306 e. The molecule has 0 saturated carbocycles. The Morgan fingerprint density at radius 2 is 2.04 bits per heavy atom. The molecule has 1 unspecified atom stereocenters. The van der Waals surface area contributed by atoms with Crippen LogP contribution >= 0.6 is 34.8 Å². The fourth-order valence-corrected chi connectivity index (χ4v) is 3.15. The number of nitrogens with zero attached hydrogens (tertiary/aromatic N) is 4. The molecule has 142 valence electrons. The van der Waals surface area contributed by atoms with Crippen LogP contribution in [0.15, 0.2) is 36.8 Å². The van der Waals surface area contributed by atoms with Crippen LogP contribution in [0, 0.1) is 5.82 Å². The molecule has 0 aliphatic rings. The van der Waals surface area contributed by atoms with E-state index >= 15 is 0 Å². The lowest BCUT2D eigenvalue weighted by molar-refractivity contribution is -0.119. The van der Waals surface area contributed by atoms with E-state index in [2.05, 4.69) is 15.5 Å². The third-order valence-corrected chi connectivity index (χ3v) is 4.75. The van der Waals surface area contributed by atoms with E-state index in [-0.39, 0.29) is 33.9 Å². The Morgan fingerprint density at radius 3 is 2.67 bits per heavy atom. The van der Waals surface area contributed by atoms with Crippen LogP contribution in [0.25, 0.3) is 0 Å². The predicted octanol–water partition coefficient (Wildman–Crippen LogP) is 4.82. The lowest BCUT2D eigenvalue weighted by Crippen LogP contribution is -2.26. The minimum absolute atomic E-state index is 0.0765. The molecule has 0 aliphatic heterocycles. The number of carbonyl (C=O) groups excluding carboxylic acids is 1. The Balaban J connectivity index is 1.77. The smallest absolute Gasteiger partial charge is 0.250 e. The fraction of sp³-hybridized carbons (Fsp3) is 0.235. The van der Waals surface area contributed by atoms with Crippen LogP contribution in [0.5, 0.6) is 0 Å².